The van der Waals surface area contributed by atoms with Gasteiger partial charge in [0.2, 0.25) is 0 Å². The largest absolute Gasteiger partial charge is 0.311 e. The second kappa shape index (κ2) is 10.1. The molecule has 0 spiro atoms. The number of para-hydroxylation sites is 2. The van der Waals surface area contributed by atoms with Gasteiger partial charge >= 0.3 is 0 Å². The van der Waals surface area contributed by atoms with Crippen LogP contribution in [-0.4, -0.2) is 0 Å². The standard InChI is InChI=1S/C30H23N3/c1-23-19-25(21-26(20-23)30(22-31)32-2)14-13-24-15-17-29(18-16-24)33(27-9-5-3-6-10-27)28-11-7-4-8-12-28/h3-18,20-21H,19H2,1H3. The summed E-state index contributed by atoms with van der Waals surface area (Å²) in [4.78, 5) is 5.58. The van der Waals surface area contributed by atoms with Gasteiger partial charge in [-0.1, -0.05) is 78.4 Å². The molecule has 3 aromatic carbocycles. The first-order valence-electron chi connectivity index (χ1n) is 10.8. The summed E-state index contributed by atoms with van der Waals surface area (Å²) in [5.41, 5.74) is 7.42. The van der Waals surface area contributed by atoms with Crippen LogP contribution in [0.25, 0.3) is 10.9 Å². The quantitative estimate of drug-likeness (QED) is 0.305. The molecule has 3 heteroatoms. The molecule has 1 aliphatic carbocycles. The molecule has 4 rings (SSSR count). The summed E-state index contributed by atoms with van der Waals surface area (Å²) in [7, 11) is 0. The Bertz CT molecular complexity index is 1270. The van der Waals surface area contributed by atoms with E-state index in [0.29, 0.717) is 5.57 Å². The van der Waals surface area contributed by atoms with Crippen LogP contribution < -0.4 is 4.90 Å². The Morgan fingerprint density at radius 2 is 1.42 bits per heavy atom. The lowest BCUT2D eigenvalue weighted by molar-refractivity contribution is 1.12. The average Bonchev–Trinajstić information content (AvgIpc) is 2.86. The maximum Gasteiger partial charge on any atom is 0.268 e. The third kappa shape index (κ3) is 5.18. The third-order valence-electron chi connectivity index (χ3n) is 5.39. The maximum atomic E-state index is 9.19. The minimum absolute atomic E-state index is 0.131. The zero-order valence-electron chi connectivity index (χ0n) is 18.4. The van der Waals surface area contributed by atoms with Crippen molar-refractivity contribution in [1.82, 2.24) is 0 Å². The van der Waals surface area contributed by atoms with Gasteiger partial charge in [-0.25, -0.2) is 10.1 Å². The van der Waals surface area contributed by atoms with Crippen LogP contribution in [-0.2, 0) is 0 Å². The molecule has 158 valence electrons. The van der Waals surface area contributed by atoms with Crippen LogP contribution in [0.15, 0.2) is 126 Å². The molecule has 3 aromatic rings. The van der Waals surface area contributed by atoms with Crippen LogP contribution in [0, 0.1) is 17.9 Å². The van der Waals surface area contributed by atoms with E-state index in [1.807, 2.05) is 61.5 Å². The number of allylic oxidation sites excluding steroid dienone is 7. The number of nitriles is 1. The zero-order valence-corrected chi connectivity index (χ0v) is 18.4. The molecule has 0 radical (unpaired) electrons. The van der Waals surface area contributed by atoms with Crippen molar-refractivity contribution in [2.24, 2.45) is 0 Å². The third-order valence-corrected chi connectivity index (χ3v) is 5.39. The number of benzene rings is 3. The molecular formula is C30H23N3. The highest BCUT2D eigenvalue weighted by molar-refractivity contribution is 5.77. The van der Waals surface area contributed by atoms with E-state index in [0.717, 1.165) is 40.2 Å². The van der Waals surface area contributed by atoms with Crippen molar-refractivity contribution in [1.29, 1.82) is 5.26 Å². The van der Waals surface area contributed by atoms with Crippen molar-refractivity contribution < 1.29 is 0 Å². The molecular weight excluding hydrogens is 402 g/mol. The normalized spacial score (nSPS) is 14.6. The summed E-state index contributed by atoms with van der Waals surface area (Å²) in [6.45, 7) is 9.23. The Labute approximate surface area is 195 Å². The molecule has 1 aliphatic rings. The first-order valence-corrected chi connectivity index (χ1v) is 10.8. The lowest BCUT2D eigenvalue weighted by Gasteiger charge is -2.25. The molecule has 0 N–H and O–H groups in total. The maximum absolute atomic E-state index is 9.19. The predicted molar refractivity (Wildman–Crippen MR) is 136 cm³/mol. The van der Waals surface area contributed by atoms with E-state index in [1.54, 1.807) is 0 Å². The second-order valence-electron chi connectivity index (χ2n) is 7.85. The fraction of sp³-hybridized carbons (Fsp3) is 0.0667. The highest BCUT2D eigenvalue weighted by Crippen LogP contribution is 2.34. The molecule has 0 atom stereocenters. The number of nitrogens with zero attached hydrogens (tertiary/aromatic N) is 3. The van der Waals surface area contributed by atoms with E-state index in [-0.39, 0.29) is 5.70 Å². The highest BCUT2D eigenvalue weighted by Gasteiger charge is 2.12. The van der Waals surface area contributed by atoms with Crippen LogP contribution in [0.3, 0.4) is 0 Å². The molecule has 0 aliphatic heterocycles. The molecule has 0 amide bonds. The average molecular weight is 426 g/mol. The van der Waals surface area contributed by atoms with E-state index in [4.69, 9.17) is 6.57 Å². The molecule has 0 heterocycles. The summed E-state index contributed by atoms with van der Waals surface area (Å²) < 4.78 is 0. The first kappa shape index (κ1) is 21.6. The second-order valence-corrected chi connectivity index (χ2v) is 7.85. The van der Waals surface area contributed by atoms with Gasteiger partial charge in [0.1, 0.15) is 0 Å². The van der Waals surface area contributed by atoms with Crippen LogP contribution >= 0.6 is 0 Å². The van der Waals surface area contributed by atoms with Crippen LogP contribution in [0.1, 0.15) is 18.9 Å². The molecule has 33 heavy (non-hydrogen) atoms. The Morgan fingerprint density at radius 1 is 0.848 bits per heavy atom. The Morgan fingerprint density at radius 3 is 1.97 bits per heavy atom. The van der Waals surface area contributed by atoms with Crippen molar-refractivity contribution in [3.05, 3.63) is 143 Å². The number of rotatable bonds is 5. The first-order chi connectivity index (χ1) is 16.2. The summed E-state index contributed by atoms with van der Waals surface area (Å²) in [6, 6.07) is 31.1. The SMILES string of the molecule is [C-]#[N+]C(C#N)=C1C=C(C)CC(C=Cc2ccc(N(c3ccccc3)c3ccccc3)cc2)=C1. The van der Waals surface area contributed by atoms with Gasteiger partial charge in [0.05, 0.1) is 12.6 Å². The van der Waals surface area contributed by atoms with Crippen molar-refractivity contribution >= 4 is 23.1 Å². The predicted octanol–water partition coefficient (Wildman–Crippen LogP) is 8.14. The van der Waals surface area contributed by atoms with Gasteiger partial charge in [-0.05, 0) is 66.5 Å². The van der Waals surface area contributed by atoms with Gasteiger partial charge in [-0.2, -0.15) is 0 Å². The Balaban J connectivity index is 1.61. The van der Waals surface area contributed by atoms with E-state index in [1.165, 1.54) is 0 Å². The summed E-state index contributed by atoms with van der Waals surface area (Å²) >= 11 is 0. The van der Waals surface area contributed by atoms with E-state index in [9.17, 15) is 5.26 Å². The molecule has 0 saturated carbocycles. The zero-order chi connectivity index (χ0) is 23.0. The molecule has 0 bridgehead atoms. The molecule has 0 unspecified atom stereocenters. The lowest BCUT2D eigenvalue weighted by atomic mass is 9.94. The van der Waals surface area contributed by atoms with Gasteiger partial charge in [-0.15, -0.1) is 0 Å². The van der Waals surface area contributed by atoms with Crippen molar-refractivity contribution in [3.8, 4) is 6.07 Å². The summed E-state index contributed by atoms with van der Waals surface area (Å²) in [5.74, 6) is 0. The Hall–Kier alpha value is -4.60. The summed E-state index contributed by atoms with van der Waals surface area (Å²) in [5, 5.41) is 9.19. The van der Waals surface area contributed by atoms with Gasteiger partial charge in [0.15, 0.2) is 0 Å². The fourth-order valence-electron chi connectivity index (χ4n) is 3.87. The minimum atomic E-state index is 0.131. The number of anilines is 3. The minimum Gasteiger partial charge on any atom is -0.311 e. The van der Waals surface area contributed by atoms with Gasteiger partial charge in [0.25, 0.3) is 5.70 Å². The van der Waals surface area contributed by atoms with Crippen LogP contribution in [0.5, 0.6) is 0 Å². The number of hydrogen-bond acceptors (Lipinski definition) is 2. The van der Waals surface area contributed by atoms with E-state index >= 15 is 0 Å². The molecule has 0 saturated heterocycles. The topological polar surface area (TPSA) is 31.4 Å². The van der Waals surface area contributed by atoms with Crippen LogP contribution in [0.4, 0.5) is 17.1 Å². The molecule has 0 fully saturated rings. The van der Waals surface area contributed by atoms with Gasteiger partial charge in [-0.3, -0.25) is 0 Å². The van der Waals surface area contributed by atoms with Crippen molar-refractivity contribution in [3.63, 3.8) is 0 Å². The van der Waals surface area contributed by atoms with Crippen molar-refractivity contribution in [2.75, 3.05) is 4.90 Å². The molecule has 0 aromatic heterocycles. The van der Waals surface area contributed by atoms with Crippen LogP contribution in [0.2, 0.25) is 0 Å². The molecule has 3 nitrogen and oxygen atoms in total. The smallest absolute Gasteiger partial charge is 0.268 e. The fourth-order valence-corrected chi connectivity index (χ4v) is 3.87. The monoisotopic (exact) mass is 425 g/mol. The Kier molecular flexibility index (Phi) is 6.64. The van der Waals surface area contributed by atoms with E-state index in [2.05, 4.69) is 70.4 Å². The number of hydrogen-bond donors (Lipinski definition) is 0. The van der Waals surface area contributed by atoms with Crippen molar-refractivity contribution in [2.45, 2.75) is 13.3 Å². The van der Waals surface area contributed by atoms with Gasteiger partial charge < -0.3 is 4.90 Å². The lowest BCUT2D eigenvalue weighted by Crippen LogP contribution is -2.09. The summed E-state index contributed by atoms with van der Waals surface area (Å²) in [6.07, 6.45) is 8.80. The van der Waals surface area contributed by atoms with E-state index < -0.39 is 0 Å². The van der Waals surface area contributed by atoms with Gasteiger partial charge in [0, 0.05) is 17.1 Å². The highest BCUT2D eigenvalue weighted by atomic mass is 15.1.